The number of carbonyl (C=O) groups is 2. The second-order valence-corrected chi connectivity index (χ2v) is 8.46. The SMILES string of the molecule is NS(=O)(=O)c1ccc(-n2cccc2C=C2C(=O)NN(c3cccc(Cl)c3)C2=O)cc1. The molecule has 0 saturated carbocycles. The van der Waals surface area contributed by atoms with Gasteiger partial charge in [-0.25, -0.2) is 18.6 Å². The Balaban J connectivity index is 1.67. The van der Waals surface area contributed by atoms with E-state index in [0.717, 1.165) is 5.01 Å². The molecule has 8 nitrogen and oxygen atoms in total. The summed E-state index contributed by atoms with van der Waals surface area (Å²) in [5, 5.41) is 6.69. The molecule has 1 aliphatic heterocycles. The smallest absolute Gasteiger partial charge is 0.282 e. The molecule has 3 aromatic rings. The third-order valence-electron chi connectivity index (χ3n) is 4.47. The lowest BCUT2D eigenvalue weighted by atomic mass is 10.2. The summed E-state index contributed by atoms with van der Waals surface area (Å²) in [5.74, 6) is -1.06. The molecule has 152 valence electrons. The maximum atomic E-state index is 12.8. The zero-order chi connectivity index (χ0) is 21.5. The van der Waals surface area contributed by atoms with Gasteiger partial charge in [-0.05, 0) is 60.7 Å². The van der Waals surface area contributed by atoms with Crippen LogP contribution in [0.4, 0.5) is 5.69 Å². The Labute approximate surface area is 177 Å². The number of rotatable bonds is 4. The number of amides is 2. The van der Waals surface area contributed by atoms with Crippen LogP contribution in [-0.4, -0.2) is 24.8 Å². The molecular formula is C20H15ClN4O4S. The second kappa shape index (κ2) is 7.45. The Morgan fingerprint density at radius 1 is 0.967 bits per heavy atom. The summed E-state index contributed by atoms with van der Waals surface area (Å²) in [6, 6.07) is 16.0. The van der Waals surface area contributed by atoms with Crippen molar-refractivity contribution in [2.75, 3.05) is 5.01 Å². The number of carbonyl (C=O) groups excluding carboxylic acids is 2. The van der Waals surface area contributed by atoms with Crippen LogP contribution in [0.15, 0.2) is 77.3 Å². The Morgan fingerprint density at radius 2 is 1.70 bits per heavy atom. The van der Waals surface area contributed by atoms with Crippen molar-refractivity contribution in [3.63, 3.8) is 0 Å². The van der Waals surface area contributed by atoms with E-state index in [1.54, 1.807) is 59.3 Å². The number of hydrazine groups is 1. The quantitative estimate of drug-likeness (QED) is 0.476. The van der Waals surface area contributed by atoms with Crippen LogP contribution in [0.1, 0.15) is 5.69 Å². The van der Waals surface area contributed by atoms with E-state index in [-0.39, 0.29) is 10.5 Å². The molecule has 2 heterocycles. The first kappa shape index (κ1) is 19.9. The standard InChI is InChI=1S/C20H15ClN4O4S/c21-13-3-1-4-16(11-13)25-20(27)18(19(26)23-25)12-15-5-2-10-24(15)14-6-8-17(9-7-14)30(22,28)29/h1-12H,(H,23,26)(H2,22,28,29). The number of halogens is 1. The number of aromatic nitrogens is 1. The van der Waals surface area contributed by atoms with Gasteiger partial charge in [-0.3, -0.25) is 15.0 Å². The van der Waals surface area contributed by atoms with Gasteiger partial charge in [-0.2, -0.15) is 0 Å². The van der Waals surface area contributed by atoms with E-state index in [9.17, 15) is 18.0 Å². The fourth-order valence-corrected chi connectivity index (χ4v) is 3.75. The molecule has 0 unspecified atom stereocenters. The van der Waals surface area contributed by atoms with Gasteiger partial charge in [0, 0.05) is 22.6 Å². The summed E-state index contributed by atoms with van der Waals surface area (Å²) in [4.78, 5) is 25.2. The predicted octanol–water partition coefficient (Wildman–Crippen LogP) is 2.24. The molecule has 1 aromatic heterocycles. The fraction of sp³-hybridized carbons (Fsp3) is 0. The lowest BCUT2D eigenvalue weighted by Gasteiger charge is -2.14. The number of anilines is 1. The van der Waals surface area contributed by atoms with Crippen LogP contribution in [0.25, 0.3) is 11.8 Å². The number of nitrogens with two attached hydrogens (primary N) is 1. The van der Waals surface area contributed by atoms with Crippen molar-refractivity contribution < 1.29 is 18.0 Å². The molecule has 0 radical (unpaired) electrons. The van der Waals surface area contributed by atoms with E-state index in [1.165, 1.54) is 18.2 Å². The number of primary sulfonamides is 1. The van der Waals surface area contributed by atoms with Crippen molar-refractivity contribution in [3.8, 4) is 5.69 Å². The van der Waals surface area contributed by atoms with Crippen molar-refractivity contribution >= 4 is 45.2 Å². The van der Waals surface area contributed by atoms with Crippen LogP contribution in [0.5, 0.6) is 0 Å². The lowest BCUT2D eigenvalue weighted by molar-refractivity contribution is -0.117. The van der Waals surface area contributed by atoms with E-state index in [0.29, 0.717) is 22.1 Å². The molecule has 0 spiro atoms. The van der Waals surface area contributed by atoms with Crippen LogP contribution in [0.2, 0.25) is 5.02 Å². The first-order valence-electron chi connectivity index (χ1n) is 8.67. The number of hydrogen-bond donors (Lipinski definition) is 2. The van der Waals surface area contributed by atoms with Crippen LogP contribution >= 0.6 is 11.6 Å². The zero-order valence-corrected chi connectivity index (χ0v) is 16.9. The van der Waals surface area contributed by atoms with Crippen LogP contribution < -0.4 is 15.6 Å². The molecule has 10 heteroatoms. The van der Waals surface area contributed by atoms with Gasteiger partial charge in [0.2, 0.25) is 10.0 Å². The third-order valence-corrected chi connectivity index (χ3v) is 5.64. The van der Waals surface area contributed by atoms with Gasteiger partial charge < -0.3 is 4.57 Å². The first-order chi connectivity index (χ1) is 14.2. The number of sulfonamides is 1. The number of benzene rings is 2. The monoisotopic (exact) mass is 442 g/mol. The highest BCUT2D eigenvalue weighted by Gasteiger charge is 2.34. The van der Waals surface area contributed by atoms with Crippen molar-refractivity contribution in [2.24, 2.45) is 5.14 Å². The Hall–Kier alpha value is -3.40. The highest BCUT2D eigenvalue weighted by molar-refractivity contribution is 7.89. The third kappa shape index (κ3) is 3.73. The molecule has 4 rings (SSSR count). The Morgan fingerprint density at radius 3 is 2.37 bits per heavy atom. The number of nitrogens with zero attached hydrogens (tertiary/aromatic N) is 2. The summed E-state index contributed by atoms with van der Waals surface area (Å²) < 4.78 is 24.6. The zero-order valence-electron chi connectivity index (χ0n) is 15.3. The van der Waals surface area contributed by atoms with Crippen molar-refractivity contribution in [1.82, 2.24) is 9.99 Å². The maximum absolute atomic E-state index is 12.8. The number of hydrogen-bond acceptors (Lipinski definition) is 4. The van der Waals surface area contributed by atoms with Gasteiger partial charge in [-0.15, -0.1) is 0 Å². The summed E-state index contributed by atoms with van der Waals surface area (Å²) >= 11 is 5.97. The minimum atomic E-state index is -3.80. The van der Waals surface area contributed by atoms with Gasteiger partial charge in [0.1, 0.15) is 5.57 Å². The molecule has 2 amide bonds. The van der Waals surface area contributed by atoms with Gasteiger partial charge in [0.15, 0.2) is 0 Å². The molecule has 1 saturated heterocycles. The highest BCUT2D eigenvalue weighted by atomic mass is 35.5. The Bertz CT molecular complexity index is 1300. The second-order valence-electron chi connectivity index (χ2n) is 6.46. The van der Waals surface area contributed by atoms with Crippen LogP contribution in [0, 0.1) is 0 Å². The molecule has 1 fully saturated rings. The molecule has 2 aromatic carbocycles. The van der Waals surface area contributed by atoms with Crippen LogP contribution in [-0.2, 0) is 19.6 Å². The minimum Gasteiger partial charge on any atom is -0.317 e. The Kier molecular flexibility index (Phi) is 4.94. The van der Waals surface area contributed by atoms with Gasteiger partial charge in [0.25, 0.3) is 11.8 Å². The molecular weight excluding hydrogens is 428 g/mol. The molecule has 0 bridgehead atoms. The highest BCUT2D eigenvalue weighted by Crippen LogP contribution is 2.25. The molecule has 30 heavy (non-hydrogen) atoms. The maximum Gasteiger partial charge on any atom is 0.282 e. The van der Waals surface area contributed by atoms with Crippen molar-refractivity contribution in [1.29, 1.82) is 0 Å². The lowest BCUT2D eigenvalue weighted by Crippen LogP contribution is -2.35. The molecule has 0 atom stereocenters. The molecule has 3 N–H and O–H groups in total. The summed E-state index contributed by atoms with van der Waals surface area (Å²) in [6.45, 7) is 0. The summed E-state index contributed by atoms with van der Waals surface area (Å²) in [5.41, 5.74) is 4.11. The molecule has 0 aliphatic carbocycles. The summed E-state index contributed by atoms with van der Waals surface area (Å²) in [6.07, 6.45) is 3.19. The summed E-state index contributed by atoms with van der Waals surface area (Å²) in [7, 11) is -3.80. The molecule has 1 aliphatic rings. The van der Waals surface area contributed by atoms with E-state index in [4.69, 9.17) is 16.7 Å². The predicted molar refractivity (Wildman–Crippen MR) is 112 cm³/mol. The minimum absolute atomic E-state index is 0.0131. The van der Waals surface area contributed by atoms with E-state index < -0.39 is 21.8 Å². The topological polar surface area (TPSA) is 114 Å². The van der Waals surface area contributed by atoms with Crippen molar-refractivity contribution in [2.45, 2.75) is 4.90 Å². The van der Waals surface area contributed by atoms with Gasteiger partial charge in [-0.1, -0.05) is 17.7 Å². The van der Waals surface area contributed by atoms with Crippen LogP contribution in [0.3, 0.4) is 0 Å². The van der Waals surface area contributed by atoms with E-state index in [2.05, 4.69) is 5.43 Å². The number of nitrogens with one attached hydrogen (secondary N) is 1. The van der Waals surface area contributed by atoms with E-state index >= 15 is 0 Å². The normalized spacial score (nSPS) is 15.7. The fourth-order valence-electron chi connectivity index (χ4n) is 3.05. The average molecular weight is 443 g/mol. The van der Waals surface area contributed by atoms with E-state index in [1.807, 2.05) is 0 Å². The van der Waals surface area contributed by atoms with Gasteiger partial charge >= 0.3 is 0 Å². The van der Waals surface area contributed by atoms with Gasteiger partial charge in [0.05, 0.1) is 10.6 Å². The largest absolute Gasteiger partial charge is 0.317 e. The van der Waals surface area contributed by atoms with Crippen molar-refractivity contribution in [3.05, 3.63) is 83.2 Å². The average Bonchev–Trinajstić information content (AvgIpc) is 3.27. The first-order valence-corrected chi connectivity index (χ1v) is 10.6.